The van der Waals surface area contributed by atoms with Gasteiger partial charge in [0.25, 0.3) is 5.91 Å². The standard InChI is InChI=1S/C15H7Cl4F4N3O3/c16-6-1-5(2-7(17)11(6)29-15(22,23)13(20)21)25-14(28)26-12(27)10-8(18)3-24-4-9(10)19/h1-4,13H,(H2,25,26,27,28). The van der Waals surface area contributed by atoms with Crippen LogP contribution >= 0.6 is 46.4 Å². The van der Waals surface area contributed by atoms with Gasteiger partial charge in [-0.05, 0) is 12.1 Å². The molecule has 3 amide bonds. The van der Waals surface area contributed by atoms with Crippen LogP contribution in [-0.4, -0.2) is 29.5 Å². The van der Waals surface area contributed by atoms with Crippen molar-refractivity contribution in [2.45, 2.75) is 12.5 Å². The quantitative estimate of drug-likeness (QED) is 0.507. The average molecular weight is 495 g/mol. The van der Waals surface area contributed by atoms with E-state index in [1.807, 2.05) is 5.32 Å². The highest BCUT2D eigenvalue weighted by Gasteiger charge is 2.45. The first-order valence-corrected chi connectivity index (χ1v) is 8.69. The lowest BCUT2D eigenvalue weighted by atomic mass is 10.2. The van der Waals surface area contributed by atoms with Crippen LogP contribution in [0.5, 0.6) is 5.75 Å². The van der Waals surface area contributed by atoms with Crippen LogP contribution in [0, 0.1) is 0 Å². The molecule has 0 aliphatic heterocycles. The maximum absolute atomic E-state index is 13.0. The number of rotatable bonds is 5. The van der Waals surface area contributed by atoms with Crippen LogP contribution in [0.1, 0.15) is 10.4 Å². The number of nitrogens with zero attached hydrogens (tertiary/aromatic N) is 1. The molecule has 0 bridgehead atoms. The number of carbonyl (C=O) groups is 2. The fourth-order valence-electron chi connectivity index (χ4n) is 1.87. The van der Waals surface area contributed by atoms with E-state index in [0.717, 1.165) is 24.5 Å². The summed E-state index contributed by atoms with van der Waals surface area (Å²) >= 11 is 23.0. The molecule has 1 heterocycles. The molecule has 0 atom stereocenters. The van der Waals surface area contributed by atoms with Gasteiger partial charge in [-0.2, -0.15) is 17.6 Å². The number of hydrogen-bond acceptors (Lipinski definition) is 4. The van der Waals surface area contributed by atoms with Crippen LogP contribution in [0.2, 0.25) is 20.1 Å². The SMILES string of the molecule is O=C(NC(=O)c1c(Cl)cncc1Cl)Nc1cc(Cl)c(OC(F)(F)C(F)F)c(Cl)c1. The van der Waals surface area contributed by atoms with E-state index in [2.05, 4.69) is 15.0 Å². The Labute approximate surface area is 180 Å². The van der Waals surface area contributed by atoms with Crippen molar-refractivity contribution in [1.82, 2.24) is 10.3 Å². The first kappa shape index (κ1) is 23.3. The van der Waals surface area contributed by atoms with Gasteiger partial charge in [0.05, 0.1) is 25.7 Å². The molecule has 0 unspecified atom stereocenters. The summed E-state index contributed by atoms with van der Waals surface area (Å²) in [5.41, 5.74) is -0.377. The Morgan fingerprint density at radius 3 is 2.00 bits per heavy atom. The molecule has 6 nitrogen and oxygen atoms in total. The summed E-state index contributed by atoms with van der Waals surface area (Å²) in [5.74, 6) is -1.88. The summed E-state index contributed by atoms with van der Waals surface area (Å²) in [6.07, 6.45) is -6.70. The largest absolute Gasteiger partial charge is 0.461 e. The van der Waals surface area contributed by atoms with Gasteiger partial charge in [-0.1, -0.05) is 46.4 Å². The van der Waals surface area contributed by atoms with Crippen molar-refractivity contribution in [2.24, 2.45) is 0 Å². The van der Waals surface area contributed by atoms with Crippen LogP contribution in [0.15, 0.2) is 24.5 Å². The highest BCUT2D eigenvalue weighted by Crippen LogP contribution is 2.40. The normalized spacial score (nSPS) is 11.3. The number of urea groups is 1. The van der Waals surface area contributed by atoms with Gasteiger partial charge >= 0.3 is 18.6 Å². The number of ether oxygens (including phenoxy) is 1. The smallest absolute Gasteiger partial charge is 0.425 e. The third-order valence-electron chi connectivity index (χ3n) is 3.06. The fraction of sp³-hybridized carbons (Fsp3) is 0.133. The Hall–Kier alpha value is -2.01. The number of nitrogens with one attached hydrogen (secondary N) is 2. The molecule has 2 rings (SSSR count). The second kappa shape index (κ2) is 9.21. The molecule has 0 aliphatic rings. The minimum Gasteiger partial charge on any atom is -0.425 e. The van der Waals surface area contributed by atoms with Crippen LogP contribution in [0.4, 0.5) is 28.0 Å². The van der Waals surface area contributed by atoms with Crippen molar-refractivity contribution in [1.29, 1.82) is 0 Å². The first-order valence-electron chi connectivity index (χ1n) is 7.17. The van der Waals surface area contributed by atoms with Crippen molar-refractivity contribution >= 4 is 64.0 Å². The molecule has 0 spiro atoms. The van der Waals surface area contributed by atoms with Crippen LogP contribution < -0.4 is 15.4 Å². The molecule has 156 valence electrons. The molecule has 29 heavy (non-hydrogen) atoms. The summed E-state index contributed by atoms with van der Waals surface area (Å²) < 4.78 is 54.4. The number of carbonyl (C=O) groups excluding carboxylic acids is 2. The molecule has 14 heteroatoms. The Balaban J connectivity index is 2.14. The minimum atomic E-state index is -4.84. The predicted octanol–water partition coefficient (Wildman–Crippen LogP) is 5.89. The zero-order chi connectivity index (χ0) is 21.9. The van der Waals surface area contributed by atoms with E-state index >= 15 is 0 Å². The number of amides is 3. The van der Waals surface area contributed by atoms with Crippen molar-refractivity contribution in [3.63, 3.8) is 0 Å². The lowest BCUT2D eigenvalue weighted by molar-refractivity contribution is -0.253. The summed E-state index contributed by atoms with van der Waals surface area (Å²) in [6.45, 7) is 0. The van der Waals surface area contributed by atoms with Crippen molar-refractivity contribution in [3.05, 3.63) is 50.2 Å². The lowest BCUT2D eigenvalue weighted by Crippen LogP contribution is -2.35. The predicted molar refractivity (Wildman–Crippen MR) is 98.8 cm³/mol. The molecule has 1 aromatic heterocycles. The van der Waals surface area contributed by atoms with Gasteiger partial charge in [-0.25, -0.2) is 4.79 Å². The highest BCUT2D eigenvalue weighted by atomic mass is 35.5. The average Bonchev–Trinajstić information content (AvgIpc) is 2.57. The van der Waals surface area contributed by atoms with E-state index in [4.69, 9.17) is 46.4 Å². The zero-order valence-electron chi connectivity index (χ0n) is 13.6. The molecule has 0 saturated heterocycles. The van der Waals surface area contributed by atoms with Crippen molar-refractivity contribution in [2.75, 3.05) is 5.32 Å². The minimum absolute atomic E-state index is 0.115. The summed E-state index contributed by atoms with van der Waals surface area (Å²) in [7, 11) is 0. The Bertz CT molecular complexity index is 919. The van der Waals surface area contributed by atoms with Gasteiger partial charge in [0.1, 0.15) is 0 Å². The highest BCUT2D eigenvalue weighted by molar-refractivity contribution is 6.40. The van der Waals surface area contributed by atoms with Gasteiger partial charge in [0.15, 0.2) is 5.75 Å². The number of benzene rings is 1. The van der Waals surface area contributed by atoms with Gasteiger partial charge in [0.2, 0.25) is 0 Å². The molecular formula is C15H7Cl4F4N3O3. The zero-order valence-corrected chi connectivity index (χ0v) is 16.6. The lowest BCUT2D eigenvalue weighted by Gasteiger charge is -2.19. The Morgan fingerprint density at radius 2 is 1.52 bits per heavy atom. The third kappa shape index (κ3) is 5.75. The topological polar surface area (TPSA) is 80.3 Å². The molecule has 0 fully saturated rings. The molecule has 0 aliphatic carbocycles. The third-order valence-corrected chi connectivity index (χ3v) is 4.19. The van der Waals surface area contributed by atoms with Gasteiger partial charge in [0, 0.05) is 18.1 Å². The second-order valence-corrected chi connectivity index (χ2v) is 6.75. The van der Waals surface area contributed by atoms with E-state index in [1.165, 1.54) is 0 Å². The number of hydrogen-bond donors (Lipinski definition) is 2. The maximum atomic E-state index is 13.0. The van der Waals surface area contributed by atoms with Crippen LogP contribution in [-0.2, 0) is 0 Å². The van der Waals surface area contributed by atoms with Crippen molar-refractivity contribution in [3.8, 4) is 5.75 Å². The maximum Gasteiger partial charge on any atom is 0.461 e. The molecule has 0 radical (unpaired) electrons. The number of halogens is 8. The van der Waals surface area contributed by atoms with Crippen molar-refractivity contribution < 1.29 is 31.9 Å². The van der Waals surface area contributed by atoms with Gasteiger partial charge in [-0.3, -0.25) is 15.1 Å². The molecule has 2 aromatic rings. The second-order valence-electron chi connectivity index (χ2n) is 5.12. The van der Waals surface area contributed by atoms with Crippen LogP contribution in [0.25, 0.3) is 0 Å². The molecular weight excluding hydrogens is 488 g/mol. The van der Waals surface area contributed by atoms with E-state index in [9.17, 15) is 27.2 Å². The Kier molecular flexibility index (Phi) is 7.39. The number of alkyl halides is 4. The Morgan fingerprint density at radius 1 is 1.00 bits per heavy atom. The van der Waals surface area contributed by atoms with E-state index in [1.54, 1.807) is 0 Å². The molecule has 2 N–H and O–H groups in total. The van der Waals surface area contributed by atoms with Gasteiger partial charge < -0.3 is 10.1 Å². The number of anilines is 1. The summed E-state index contributed by atoms with van der Waals surface area (Å²) in [4.78, 5) is 27.7. The van der Waals surface area contributed by atoms with Gasteiger partial charge in [-0.15, -0.1) is 0 Å². The monoisotopic (exact) mass is 493 g/mol. The van der Waals surface area contributed by atoms with E-state index in [-0.39, 0.29) is 21.3 Å². The summed E-state index contributed by atoms with van der Waals surface area (Å²) in [5, 5.41) is 2.63. The number of aromatic nitrogens is 1. The van der Waals surface area contributed by atoms with E-state index < -0.39 is 40.3 Å². The fourth-order valence-corrected chi connectivity index (χ4v) is 2.97. The number of imide groups is 1. The number of pyridine rings is 1. The van der Waals surface area contributed by atoms with E-state index in [0.29, 0.717) is 0 Å². The molecule has 0 saturated carbocycles. The molecule has 1 aromatic carbocycles. The summed E-state index contributed by atoms with van der Waals surface area (Å²) in [6, 6.07) is 0.694. The van der Waals surface area contributed by atoms with Crippen LogP contribution in [0.3, 0.4) is 0 Å². The first-order chi connectivity index (χ1) is 13.4.